The highest BCUT2D eigenvalue weighted by Gasteiger charge is 2.29. The molecule has 196 valence electrons. The molecule has 0 bridgehead atoms. The first kappa shape index (κ1) is 27.6. The summed E-state index contributed by atoms with van der Waals surface area (Å²) in [5.74, 6) is -0.617. The van der Waals surface area contributed by atoms with Crippen LogP contribution in [0.2, 0.25) is 0 Å². The number of Topliss-reactive ketones (excluding diaryl/α,β-unsaturated/α-hetero) is 1. The van der Waals surface area contributed by atoms with Crippen molar-refractivity contribution >= 4 is 17.6 Å². The zero-order valence-electron chi connectivity index (χ0n) is 22.1. The molecule has 2 amide bonds. The maximum Gasteiger partial charge on any atom is 0.225 e. The van der Waals surface area contributed by atoms with Crippen LogP contribution in [0.4, 0.5) is 4.39 Å². The number of nitrogens with zero attached hydrogens (tertiary/aromatic N) is 2. The van der Waals surface area contributed by atoms with Gasteiger partial charge < -0.3 is 15.2 Å². The van der Waals surface area contributed by atoms with Gasteiger partial charge in [-0.1, -0.05) is 33.8 Å². The highest BCUT2D eigenvalue weighted by Crippen LogP contribution is 2.26. The van der Waals surface area contributed by atoms with Crippen molar-refractivity contribution in [3.8, 4) is 11.3 Å². The van der Waals surface area contributed by atoms with Gasteiger partial charge in [-0.15, -0.1) is 0 Å². The van der Waals surface area contributed by atoms with Gasteiger partial charge in [0, 0.05) is 37.4 Å². The van der Waals surface area contributed by atoms with Crippen LogP contribution >= 0.6 is 0 Å². The molecule has 2 atom stereocenters. The molecule has 0 saturated carbocycles. The first-order valence-corrected chi connectivity index (χ1v) is 12.8. The summed E-state index contributed by atoms with van der Waals surface area (Å²) < 4.78 is 14.4. The topological polar surface area (TPSA) is 95.2 Å². The molecule has 1 saturated heterocycles. The molecule has 2 heterocycles. The first-order chi connectivity index (χ1) is 16.9. The van der Waals surface area contributed by atoms with Crippen molar-refractivity contribution < 1.29 is 18.8 Å². The number of nitrogens with one attached hydrogen (secondary N) is 2. The van der Waals surface area contributed by atoms with E-state index in [1.807, 2.05) is 19.9 Å². The molecule has 2 aromatic rings. The molecular formula is C28H39FN4O3. The third-order valence-corrected chi connectivity index (χ3v) is 6.65. The summed E-state index contributed by atoms with van der Waals surface area (Å²) in [5, 5.41) is 2.83. The Labute approximate surface area is 213 Å². The standard InChI is InChI=1S/C28H39FN4O3/c1-18-8-9-20(21(29)14-18)23-17-30-27(32-23)19(2)15-24(34)22(16-26(36)33-12-6-7-13-33)31-25(35)10-11-28(3,4)5/h8-9,14,17,19,22H,6-7,10-13,15-16H2,1-5H3,(H,30,32)(H,31,35)/t19-,22+/m1/s1. The largest absolute Gasteiger partial charge is 0.346 e. The predicted octanol–water partition coefficient (Wildman–Crippen LogP) is 4.91. The van der Waals surface area contributed by atoms with E-state index in [9.17, 15) is 18.8 Å². The number of carbonyl (C=O) groups is 3. The van der Waals surface area contributed by atoms with Gasteiger partial charge in [0.2, 0.25) is 11.8 Å². The molecule has 1 aromatic heterocycles. The number of likely N-dealkylation sites (tertiary alicyclic amines) is 1. The zero-order chi connectivity index (χ0) is 26.5. The number of hydrogen-bond acceptors (Lipinski definition) is 4. The number of ketones is 1. The minimum absolute atomic E-state index is 0.00928. The average molecular weight is 499 g/mol. The molecule has 8 heteroatoms. The van der Waals surface area contributed by atoms with E-state index in [0.29, 0.717) is 43.0 Å². The number of rotatable bonds is 10. The fraction of sp³-hybridized carbons (Fsp3) is 0.571. The molecule has 0 radical (unpaired) electrons. The van der Waals surface area contributed by atoms with E-state index < -0.39 is 6.04 Å². The normalized spacial score (nSPS) is 15.6. The van der Waals surface area contributed by atoms with Crippen molar-refractivity contribution in [1.82, 2.24) is 20.2 Å². The van der Waals surface area contributed by atoms with Gasteiger partial charge >= 0.3 is 0 Å². The number of aromatic nitrogens is 2. The number of H-pyrrole nitrogens is 1. The maximum atomic E-state index is 14.4. The molecule has 1 aliphatic rings. The molecule has 0 aliphatic carbocycles. The van der Waals surface area contributed by atoms with Crippen LogP contribution in [0.15, 0.2) is 24.4 Å². The quantitative estimate of drug-likeness (QED) is 0.487. The van der Waals surface area contributed by atoms with E-state index in [2.05, 4.69) is 36.1 Å². The Kier molecular flexibility index (Phi) is 9.03. The number of amides is 2. The third-order valence-electron chi connectivity index (χ3n) is 6.65. The van der Waals surface area contributed by atoms with Gasteiger partial charge in [0.25, 0.3) is 0 Å². The lowest BCUT2D eigenvalue weighted by Crippen LogP contribution is -2.45. The van der Waals surface area contributed by atoms with Gasteiger partial charge in [0.05, 0.1) is 24.4 Å². The average Bonchev–Trinajstić information content (AvgIpc) is 3.49. The lowest BCUT2D eigenvalue weighted by atomic mass is 9.90. The highest BCUT2D eigenvalue weighted by atomic mass is 19.1. The zero-order valence-corrected chi connectivity index (χ0v) is 22.1. The van der Waals surface area contributed by atoms with E-state index in [1.165, 1.54) is 6.07 Å². The maximum absolute atomic E-state index is 14.4. The molecule has 1 aromatic carbocycles. The smallest absolute Gasteiger partial charge is 0.225 e. The third kappa shape index (κ3) is 7.73. The molecular weight excluding hydrogens is 459 g/mol. The Bertz CT molecular complexity index is 1080. The predicted molar refractivity (Wildman–Crippen MR) is 138 cm³/mol. The Morgan fingerprint density at radius 1 is 1.17 bits per heavy atom. The highest BCUT2D eigenvalue weighted by molar-refractivity contribution is 5.93. The number of carbonyl (C=O) groups excluding carboxylic acids is 3. The van der Waals surface area contributed by atoms with Crippen molar-refractivity contribution in [2.75, 3.05) is 13.1 Å². The van der Waals surface area contributed by atoms with Gasteiger partial charge in [0.15, 0.2) is 5.78 Å². The Hall–Kier alpha value is -3.03. The minimum Gasteiger partial charge on any atom is -0.346 e. The number of imidazole rings is 1. The van der Waals surface area contributed by atoms with E-state index in [-0.39, 0.29) is 47.6 Å². The van der Waals surface area contributed by atoms with Crippen LogP contribution in [-0.2, 0) is 14.4 Å². The van der Waals surface area contributed by atoms with E-state index in [1.54, 1.807) is 17.2 Å². The summed E-state index contributed by atoms with van der Waals surface area (Å²) in [6.07, 6.45) is 4.52. The molecule has 1 aliphatic heterocycles. The number of benzene rings is 1. The Morgan fingerprint density at radius 2 is 1.86 bits per heavy atom. The summed E-state index contributed by atoms with van der Waals surface area (Å²) in [7, 11) is 0. The van der Waals surface area contributed by atoms with Crippen LogP contribution in [0, 0.1) is 18.2 Å². The molecule has 2 N–H and O–H groups in total. The SMILES string of the molecule is Cc1ccc(-c2cnc([C@H](C)CC(=O)[C@H](CC(=O)N3CCCC3)NC(=O)CCC(C)(C)C)[nH]2)c(F)c1. The summed E-state index contributed by atoms with van der Waals surface area (Å²) in [5.41, 5.74) is 1.77. The summed E-state index contributed by atoms with van der Waals surface area (Å²) in [6.45, 7) is 11.2. The second kappa shape index (κ2) is 11.8. The van der Waals surface area contributed by atoms with E-state index in [0.717, 1.165) is 18.4 Å². The van der Waals surface area contributed by atoms with Gasteiger partial charge in [-0.25, -0.2) is 9.37 Å². The molecule has 7 nitrogen and oxygen atoms in total. The van der Waals surface area contributed by atoms with E-state index in [4.69, 9.17) is 0 Å². The van der Waals surface area contributed by atoms with Crippen LogP contribution in [0.5, 0.6) is 0 Å². The minimum atomic E-state index is -0.878. The molecule has 1 fully saturated rings. The Balaban J connectivity index is 1.69. The van der Waals surface area contributed by atoms with Crippen molar-refractivity contribution in [2.24, 2.45) is 5.41 Å². The van der Waals surface area contributed by atoms with Crippen molar-refractivity contribution in [2.45, 2.75) is 85.1 Å². The number of halogens is 1. The van der Waals surface area contributed by atoms with Gasteiger partial charge in [-0.2, -0.15) is 0 Å². The lowest BCUT2D eigenvalue weighted by molar-refractivity contribution is -0.135. The lowest BCUT2D eigenvalue weighted by Gasteiger charge is -2.23. The number of aryl methyl sites for hydroxylation is 1. The fourth-order valence-corrected chi connectivity index (χ4v) is 4.37. The van der Waals surface area contributed by atoms with Crippen LogP contribution in [0.25, 0.3) is 11.3 Å². The molecule has 36 heavy (non-hydrogen) atoms. The monoisotopic (exact) mass is 498 g/mol. The summed E-state index contributed by atoms with van der Waals surface area (Å²) >= 11 is 0. The van der Waals surface area contributed by atoms with Crippen molar-refractivity contribution in [1.29, 1.82) is 0 Å². The Morgan fingerprint density at radius 3 is 2.50 bits per heavy atom. The van der Waals surface area contributed by atoms with Crippen molar-refractivity contribution in [3.05, 3.63) is 41.6 Å². The second-order valence-corrected chi connectivity index (χ2v) is 11.2. The summed E-state index contributed by atoms with van der Waals surface area (Å²) in [6, 6.07) is 4.12. The fourth-order valence-electron chi connectivity index (χ4n) is 4.37. The van der Waals surface area contributed by atoms with Crippen LogP contribution in [0.3, 0.4) is 0 Å². The number of aromatic amines is 1. The van der Waals surface area contributed by atoms with Crippen LogP contribution in [-0.4, -0.2) is 51.6 Å². The van der Waals surface area contributed by atoms with E-state index >= 15 is 0 Å². The second-order valence-electron chi connectivity index (χ2n) is 11.2. The number of hydrogen-bond donors (Lipinski definition) is 2. The van der Waals surface area contributed by atoms with Crippen molar-refractivity contribution in [3.63, 3.8) is 0 Å². The van der Waals surface area contributed by atoms with Crippen LogP contribution in [0.1, 0.15) is 83.5 Å². The molecule has 3 rings (SSSR count). The summed E-state index contributed by atoms with van der Waals surface area (Å²) in [4.78, 5) is 48.0. The van der Waals surface area contributed by atoms with Gasteiger partial charge in [0.1, 0.15) is 11.6 Å². The molecule has 0 unspecified atom stereocenters. The van der Waals surface area contributed by atoms with Gasteiger partial charge in [-0.05, 0) is 49.3 Å². The van der Waals surface area contributed by atoms with Crippen LogP contribution < -0.4 is 5.32 Å². The first-order valence-electron chi connectivity index (χ1n) is 12.8. The molecule has 0 spiro atoms. The van der Waals surface area contributed by atoms with Gasteiger partial charge in [-0.3, -0.25) is 14.4 Å².